The molecule has 0 aliphatic rings. The van der Waals surface area contributed by atoms with E-state index in [1.54, 1.807) is 0 Å². The lowest BCUT2D eigenvalue weighted by atomic mass is 9.82. The van der Waals surface area contributed by atoms with E-state index in [0.717, 1.165) is 68.9 Å². The first-order valence-electron chi connectivity index (χ1n) is 21.3. The maximum atomic E-state index is 11.8. The SMILES string of the molecule is CCCCC(OC(C)(C)Cc1ccc(O)c(CC(C)(C)OC(CCCC)c2ccccc2)c1CC(C)(C)OC(CCCC)c1ccccc1)c1ccccc1. The van der Waals surface area contributed by atoms with Crippen LogP contribution in [0, 0.1) is 0 Å². The monoisotopic (exact) mass is 749 g/mol. The maximum absolute atomic E-state index is 11.8. The van der Waals surface area contributed by atoms with Gasteiger partial charge in [-0.1, -0.05) is 156 Å². The Morgan fingerprint density at radius 1 is 0.436 bits per heavy atom. The van der Waals surface area contributed by atoms with Crippen LogP contribution in [0.2, 0.25) is 0 Å². The molecule has 4 heteroatoms. The number of phenolic OH excluding ortho intramolecular Hbond substituents is 1. The maximum Gasteiger partial charge on any atom is 0.119 e. The third-order valence-corrected chi connectivity index (χ3v) is 10.7. The van der Waals surface area contributed by atoms with E-state index < -0.39 is 16.8 Å². The van der Waals surface area contributed by atoms with Crippen LogP contribution in [0.4, 0.5) is 0 Å². The average Bonchev–Trinajstić information content (AvgIpc) is 3.17. The molecule has 0 saturated heterocycles. The molecule has 0 saturated carbocycles. The van der Waals surface area contributed by atoms with Crippen LogP contribution in [0.5, 0.6) is 5.75 Å². The highest BCUT2D eigenvalue weighted by molar-refractivity contribution is 5.47. The molecule has 0 fully saturated rings. The predicted molar refractivity (Wildman–Crippen MR) is 231 cm³/mol. The van der Waals surface area contributed by atoms with Gasteiger partial charge in [0.15, 0.2) is 0 Å². The van der Waals surface area contributed by atoms with Gasteiger partial charge in [-0.05, 0) is 94.7 Å². The Hall–Kier alpha value is -3.44. The van der Waals surface area contributed by atoms with E-state index in [1.807, 2.05) is 6.07 Å². The topological polar surface area (TPSA) is 47.9 Å². The van der Waals surface area contributed by atoms with Gasteiger partial charge in [0, 0.05) is 24.8 Å². The Kier molecular flexibility index (Phi) is 17.1. The number of hydrogen-bond donors (Lipinski definition) is 1. The highest BCUT2D eigenvalue weighted by atomic mass is 16.5. The zero-order chi connectivity index (χ0) is 39.9. The molecule has 4 aromatic carbocycles. The van der Waals surface area contributed by atoms with Crippen molar-refractivity contribution in [2.24, 2.45) is 0 Å². The third-order valence-electron chi connectivity index (χ3n) is 10.7. The van der Waals surface area contributed by atoms with E-state index in [-0.39, 0.29) is 18.3 Å². The van der Waals surface area contributed by atoms with Crippen molar-refractivity contribution in [3.05, 3.63) is 137 Å². The molecular weight excluding hydrogens is 677 g/mol. The van der Waals surface area contributed by atoms with Crippen molar-refractivity contribution in [2.75, 3.05) is 0 Å². The standard InChI is InChI=1S/C51H72O4/c1-10-13-31-46(39-25-19-16-20-26-39)53-49(4,5)36-42-34-35-45(52)44(38-51(8,9)55-48(33-15-12-3)41-29-23-18-24-30-41)43(42)37-50(6,7)54-47(32-14-11-2)40-27-21-17-22-28-40/h16-30,34-35,46-48,52H,10-15,31-33,36-38H2,1-9H3. The Labute approximate surface area is 335 Å². The van der Waals surface area contributed by atoms with Crippen molar-refractivity contribution in [3.63, 3.8) is 0 Å². The van der Waals surface area contributed by atoms with Crippen molar-refractivity contribution in [3.8, 4) is 5.75 Å². The van der Waals surface area contributed by atoms with E-state index in [2.05, 4.69) is 159 Å². The number of benzene rings is 4. The lowest BCUT2D eigenvalue weighted by Crippen LogP contribution is -2.35. The zero-order valence-electron chi connectivity index (χ0n) is 35.7. The molecule has 55 heavy (non-hydrogen) atoms. The Morgan fingerprint density at radius 3 is 1.11 bits per heavy atom. The Balaban J connectivity index is 1.74. The molecule has 0 amide bonds. The molecule has 0 aromatic heterocycles. The summed E-state index contributed by atoms with van der Waals surface area (Å²) in [5.74, 6) is 0.311. The summed E-state index contributed by atoms with van der Waals surface area (Å²) in [5, 5.41) is 11.8. The number of aromatic hydroxyl groups is 1. The van der Waals surface area contributed by atoms with Gasteiger partial charge in [-0.25, -0.2) is 0 Å². The molecule has 4 nitrogen and oxygen atoms in total. The van der Waals surface area contributed by atoms with Crippen LogP contribution in [0.15, 0.2) is 103 Å². The van der Waals surface area contributed by atoms with Crippen LogP contribution in [-0.4, -0.2) is 21.9 Å². The molecule has 0 aliphatic heterocycles. The molecule has 3 atom stereocenters. The molecule has 3 unspecified atom stereocenters. The lowest BCUT2D eigenvalue weighted by molar-refractivity contribution is -0.0822. The minimum atomic E-state index is -0.553. The van der Waals surface area contributed by atoms with Crippen molar-refractivity contribution in [1.82, 2.24) is 0 Å². The normalized spacial score (nSPS) is 14.1. The quantitative estimate of drug-likeness (QED) is 0.0775. The molecule has 0 heterocycles. The summed E-state index contributed by atoms with van der Waals surface area (Å²) in [6, 6.07) is 35.9. The smallest absolute Gasteiger partial charge is 0.119 e. The average molecular weight is 749 g/mol. The van der Waals surface area contributed by atoms with Gasteiger partial charge >= 0.3 is 0 Å². The molecule has 0 aliphatic carbocycles. The minimum Gasteiger partial charge on any atom is -0.508 e. The molecule has 0 radical (unpaired) electrons. The highest BCUT2D eigenvalue weighted by Crippen LogP contribution is 2.40. The number of rotatable bonds is 24. The second-order valence-electron chi connectivity index (χ2n) is 17.5. The summed E-state index contributed by atoms with van der Waals surface area (Å²) in [7, 11) is 0. The van der Waals surface area contributed by atoms with Gasteiger partial charge in [0.2, 0.25) is 0 Å². The van der Waals surface area contributed by atoms with Gasteiger partial charge in [-0.2, -0.15) is 0 Å². The van der Waals surface area contributed by atoms with Gasteiger partial charge in [0.25, 0.3) is 0 Å². The molecular formula is C51H72O4. The summed E-state index contributed by atoms with van der Waals surface area (Å²) in [6.07, 6.45) is 11.4. The van der Waals surface area contributed by atoms with Crippen molar-refractivity contribution in [2.45, 2.75) is 174 Å². The number of ether oxygens (including phenoxy) is 3. The first-order chi connectivity index (χ1) is 26.3. The molecule has 1 N–H and O–H groups in total. The first kappa shape index (κ1) is 44.3. The van der Waals surface area contributed by atoms with E-state index in [1.165, 1.54) is 22.3 Å². The third kappa shape index (κ3) is 14.2. The van der Waals surface area contributed by atoms with Crippen LogP contribution in [-0.2, 0) is 33.5 Å². The number of hydrogen-bond acceptors (Lipinski definition) is 4. The zero-order valence-corrected chi connectivity index (χ0v) is 35.7. The summed E-state index contributed by atoms with van der Waals surface area (Å²) in [4.78, 5) is 0. The van der Waals surface area contributed by atoms with Gasteiger partial charge < -0.3 is 19.3 Å². The summed E-state index contributed by atoms with van der Waals surface area (Å²) < 4.78 is 21.3. The largest absolute Gasteiger partial charge is 0.508 e. The fraction of sp³-hybridized carbons (Fsp3) is 0.529. The fourth-order valence-corrected chi connectivity index (χ4v) is 7.96. The van der Waals surface area contributed by atoms with Gasteiger partial charge in [0.1, 0.15) is 5.75 Å². The highest BCUT2D eigenvalue weighted by Gasteiger charge is 2.34. The van der Waals surface area contributed by atoms with Crippen LogP contribution < -0.4 is 0 Å². The van der Waals surface area contributed by atoms with Crippen molar-refractivity contribution >= 4 is 0 Å². The summed E-state index contributed by atoms with van der Waals surface area (Å²) in [5.41, 5.74) is 5.34. The molecule has 4 aromatic rings. The summed E-state index contributed by atoms with van der Waals surface area (Å²) >= 11 is 0. The van der Waals surface area contributed by atoms with E-state index >= 15 is 0 Å². The van der Waals surface area contributed by atoms with E-state index in [9.17, 15) is 5.11 Å². The second kappa shape index (κ2) is 21.2. The van der Waals surface area contributed by atoms with Gasteiger partial charge in [-0.15, -0.1) is 0 Å². The van der Waals surface area contributed by atoms with Crippen molar-refractivity contribution in [1.29, 1.82) is 0 Å². The van der Waals surface area contributed by atoms with E-state index in [4.69, 9.17) is 14.2 Å². The molecule has 0 bridgehead atoms. The van der Waals surface area contributed by atoms with Gasteiger partial charge in [0.05, 0.1) is 35.1 Å². The molecule has 300 valence electrons. The van der Waals surface area contributed by atoms with Crippen LogP contribution in [0.25, 0.3) is 0 Å². The van der Waals surface area contributed by atoms with Gasteiger partial charge in [-0.3, -0.25) is 0 Å². The van der Waals surface area contributed by atoms with E-state index in [0.29, 0.717) is 25.0 Å². The minimum absolute atomic E-state index is 0.00605. The lowest BCUT2D eigenvalue weighted by Gasteiger charge is -2.37. The Bertz CT molecular complexity index is 1660. The number of unbranched alkanes of at least 4 members (excludes halogenated alkanes) is 3. The van der Waals surface area contributed by atoms with Crippen molar-refractivity contribution < 1.29 is 19.3 Å². The van der Waals surface area contributed by atoms with Crippen LogP contribution >= 0.6 is 0 Å². The molecule has 0 spiro atoms. The predicted octanol–water partition coefficient (Wildman–Crippen LogP) is 14.2. The second-order valence-corrected chi connectivity index (χ2v) is 17.5. The van der Waals surface area contributed by atoms with Crippen LogP contribution in [0.1, 0.15) is 172 Å². The van der Waals surface area contributed by atoms with Crippen LogP contribution in [0.3, 0.4) is 0 Å². The summed E-state index contributed by atoms with van der Waals surface area (Å²) in [6.45, 7) is 19.9. The number of phenols is 1. The first-order valence-corrected chi connectivity index (χ1v) is 21.3. The molecule has 4 rings (SSSR count). The fourth-order valence-electron chi connectivity index (χ4n) is 7.96. The Morgan fingerprint density at radius 2 is 0.764 bits per heavy atom.